The van der Waals surface area contributed by atoms with Crippen LogP contribution in [0.25, 0.3) is 0 Å². The van der Waals surface area contributed by atoms with Gasteiger partial charge in [-0.2, -0.15) is 0 Å². The molecule has 0 aliphatic carbocycles. The third kappa shape index (κ3) is 33.6. The van der Waals surface area contributed by atoms with E-state index in [-0.39, 0.29) is 18.0 Å². The molecular weight excluding hydrogens is 612 g/mol. The molecule has 0 saturated carbocycles. The zero-order chi connectivity index (χ0) is 36.0. The third-order valence-electron chi connectivity index (χ3n) is 8.60. The minimum Gasteiger partial charge on any atom is -0.480 e. The maximum atomic E-state index is 12.7. The minimum absolute atomic E-state index is 0.116. The molecule has 2 atom stereocenters. The van der Waals surface area contributed by atoms with Gasteiger partial charge in [0.2, 0.25) is 5.91 Å². The molecule has 0 rings (SSSR count). The Kier molecular flexibility index (Phi) is 34.6. The molecule has 2 unspecified atom stereocenters. The molecule has 0 aliphatic rings. The number of rotatable bonds is 35. The Balaban J connectivity index is 4.26. The zero-order valence-corrected chi connectivity index (χ0v) is 31.5. The maximum Gasteiger partial charge on any atom is 0.326 e. The summed E-state index contributed by atoms with van der Waals surface area (Å²) >= 11 is 0. The van der Waals surface area contributed by atoms with Crippen LogP contribution in [0.2, 0.25) is 0 Å². The molecule has 49 heavy (non-hydrogen) atoms. The predicted octanol–water partition coefficient (Wildman–Crippen LogP) is 10.8. The van der Waals surface area contributed by atoms with Crippen molar-refractivity contribution in [3.8, 4) is 0 Å². The second-order valence-corrected chi connectivity index (χ2v) is 13.3. The molecule has 4 N–H and O–H groups in total. The summed E-state index contributed by atoms with van der Waals surface area (Å²) in [5.41, 5.74) is 5.47. The van der Waals surface area contributed by atoms with E-state index < -0.39 is 12.0 Å². The normalized spacial score (nSPS) is 13.2. The third-order valence-corrected chi connectivity index (χ3v) is 8.60. The van der Waals surface area contributed by atoms with E-state index in [1.165, 1.54) is 77.0 Å². The van der Waals surface area contributed by atoms with Crippen molar-refractivity contribution in [2.45, 2.75) is 193 Å². The number of nitrogens with one attached hydrogen (secondary N) is 1. The molecule has 0 fully saturated rings. The van der Waals surface area contributed by atoms with Crippen LogP contribution >= 0.6 is 0 Å². The van der Waals surface area contributed by atoms with Gasteiger partial charge in [0, 0.05) is 12.8 Å². The van der Waals surface area contributed by atoms with Gasteiger partial charge in [-0.15, -0.1) is 0 Å². The molecule has 1 amide bonds. The lowest BCUT2D eigenvalue weighted by molar-refractivity contribution is -0.147. The molecule has 0 spiro atoms. The summed E-state index contributed by atoms with van der Waals surface area (Å²) in [5, 5.41) is 11.9. The SMILES string of the molecule is CCCC/C=C\C/C=C\C(CCCCCCC(=O)NC(CCCN)C(=O)O)OC(=O)CCCCCCCCC/C=C\C/C=C\CCCCC. The van der Waals surface area contributed by atoms with Crippen molar-refractivity contribution in [3.05, 3.63) is 48.6 Å². The fourth-order valence-electron chi connectivity index (χ4n) is 5.53. The van der Waals surface area contributed by atoms with Gasteiger partial charge < -0.3 is 20.9 Å². The lowest BCUT2D eigenvalue weighted by atomic mass is 10.1. The number of hydrogen-bond donors (Lipinski definition) is 3. The number of hydrogen-bond acceptors (Lipinski definition) is 5. The number of carbonyl (C=O) groups excluding carboxylic acids is 2. The van der Waals surface area contributed by atoms with Crippen molar-refractivity contribution < 1.29 is 24.2 Å². The first-order valence-corrected chi connectivity index (χ1v) is 20.0. The van der Waals surface area contributed by atoms with Crippen molar-refractivity contribution in [1.82, 2.24) is 5.32 Å². The summed E-state index contributed by atoms with van der Waals surface area (Å²) in [6.45, 7) is 4.84. The van der Waals surface area contributed by atoms with Gasteiger partial charge in [0.15, 0.2) is 0 Å². The topological polar surface area (TPSA) is 119 Å². The number of ether oxygens (including phenoxy) is 1. The van der Waals surface area contributed by atoms with Crippen molar-refractivity contribution in [1.29, 1.82) is 0 Å². The number of carboxylic acids is 1. The highest BCUT2D eigenvalue weighted by molar-refractivity contribution is 5.83. The zero-order valence-electron chi connectivity index (χ0n) is 31.5. The highest BCUT2D eigenvalue weighted by Gasteiger charge is 2.19. The average Bonchev–Trinajstić information content (AvgIpc) is 3.08. The Labute approximate surface area is 300 Å². The molecule has 0 aromatic carbocycles. The van der Waals surface area contributed by atoms with Gasteiger partial charge in [0.1, 0.15) is 12.1 Å². The van der Waals surface area contributed by atoms with Crippen LogP contribution in [0.1, 0.15) is 181 Å². The molecule has 0 saturated heterocycles. The van der Waals surface area contributed by atoms with Crippen molar-refractivity contribution in [3.63, 3.8) is 0 Å². The van der Waals surface area contributed by atoms with E-state index in [2.05, 4.69) is 61.7 Å². The van der Waals surface area contributed by atoms with Crippen LogP contribution in [0, 0.1) is 0 Å². The van der Waals surface area contributed by atoms with Gasteiger partial charge in [-0.1, -0.05) is 127 Å². The van der Waals surface area contributed by atoms with Gasteiger partial charge in [0.25, 0.3) is 0 Å². The Morgan fingerprint density at radius 3 is 1.76 bits per heavy atom. The van der Waals surface area contributed by atoms with Crippen molar-refractivity contribution >= 4 is 17.8 Å². The molecule has 7 nitrogen and oxygen atoms in total. The van der Waals surface area contributed by atoms with Crippen LogP contribution in [0.5, 0.6) is 0 Å². The van der Waals surface area contributed by atoms with Crippen LogP contribution in [0.3, 0.4) is 0 Å². The van der Waals surface area contributed by atoms with Gasteiger partial charge in [-0.05, 0) is 96.1 Å². The number of carboxylic acid groups (broad SMARTS) is 1. The predicted molar refractivity (Wildman–Crippen MR) is 206 cm³/mol. The lowest BCUT2D eigenvalue weighted by Crippen LogP contribution is -2.40. The molecule has 282 valence electrons. The van der Waals surface area contributed by atoms with E-state index in [1.807, 2.05) is 6.08 Å². The maximum absolute atomic E-state index is 12.7. The summed E-state index contributed by atoms with van der Waals surface area (Å²) in [6.07, 6.45) is 43.1. The standard InChI is InChI=1S/C42H74N2O5/c1-3-5-7-9-11-12-13-14-15-16-17-18-19-20-22-24-30-36-41(46)49-38(32-27-23-21-10-8-6-4-2)33-28-25-26-29-35-40(45)44-39(42(47)48)34-31-37-43/h10-12,14-15,21,27,32,38-39H,3-9,13,16-20,22-26,28-31,33-37,43H2,1-2H3,(H,44,45)(H,47,48)/b12-11-,15-14-,21-10-,32-27-. The second-order valence-electron chi connectivity index (χ2n) is 13.3. The van der Waals surface area contributed by atoms with E-state index in [1.54, 1.807) is 0 Å². The number of nitrogens with two attached hydrogens (primary N) is 1. The first-order valence-electron chi connectivity index (χ1n) is 20.0. The first kappa shape index (κ1) is 46.3. The molecule has 0 aromatic heterocycles. The molecule has 0 bridgehead atoms. The Hall–Kier alpha value is -2.67. The number of carbonyl (C=O) groups is 3. The summed E-state index contributed by atoms with van der Waals surface area (Å²) in [7, 11) is 0. The van der Waals surface area contributed by atoms with Crippen LogP contribution in [0.15, 0.2) is 48.6 Å². The Morgan fingerprint density at radius 1 is 0.612 bits per heavy atom. The van der Waals surface area contributed by atoms with Crippen LogP contribution < -0.4 is 11.1 Å². The van der Waals surface area contributed by atoms with E-state index in [9.17, 15) is 19.5 Å². The van der Waals surface area contributed by atoms with E-state index in [4.69, 9.17) is 10.5 Å². The molecular formula is C42H74N2O5. The summed E-state index contributed by atoms with van der Waals surface area (Å²) < 4.78 is 5.88. The number of esters is 1. The lowest BCUT2D eigenvalue weighted by Gasteiger charge is -2.15. The van der Waals surface area contributed by atoms with Crippen molar-refractivity contribution in [2.75, 3.05) is 6.54 Å². The van der Waals surface area contributed by atoms with Gasteiger partial charge in [-0.3, -0.25) is 9.59 Å². The van der Waals surface area contributed by atoms with Gasteiger partial charge in [0.05, 0.1) is 0 Å². The highest BCUT2D eigenvalue weighted by Crippen LogP contribution is 2.15. The number of unbranched alkanes of at least 4 members (excludes halogenated alkanes) is 15. The first-order chi connectivity index (χ1) is 23.9. The number of allylic oxidation sites excluding steroid dienone is 7. The molecule has 0 aromatic rings. The Bertz CT molecular complexity index is 911. The van der Waals surface area contributed by atoms with E-state index in [0.717, 1.165) is 57.8 Å². The van der Waals surface area contributed by atoms with Crippen LogP contribution in [-0.4, -0.2) is 41.6 Å². The number of aliphatic carboxylic acids is 1. The highest BCUT2D eigenvalue weighted by atomic mass is 16.5. The smallest absolute Gasteiger partial charge is 0.326 e. The molecule has 0 aliphatic heterocycles. The van der Waals surface area contributed by atoms with Crippen LogP contribution in [0.4, 0.5) is 0 Å². The summed E-state index contributed by atoms with van der Waals surface area (Å²) in [4.78, 5) is 36.2. The largest absolute Gasteiger partial charge is 0.480 e. The fraction of sp³-hybridized carbons (Fsp3) is 0.738. The van der Waals surface area contributed by atoms with Crippen LogP contribution in [-0.2, 0) is 19.1 Å². The molecule has 7 heteroatoms. The Morgan fingerprint density at radius 2 is 1.14 bits per heavy atom. The number of amides is 1. The monoisotopic (exact) mass is 687 g/mol. The molecule has 0 radical (unpaired) electrons. The average molecular weight is 687 g/mol. The van der Waals surface area contributed by atoms with Gasteiger partial charge >= 0.3 is 11.9 Å². The quantitative estimate of drug-likeness (QED) is 0.0347. The molecule has 0 heterocycles. The van der Waals surface area contributed by atoms with Gasteiger partial charge in [-0.25, -0.2) is 4.79 Å². The van der Waals surface area contributed by atoms with Crippen molar-refractivity contribution in [2.24, 2.45) is 5.73 Å². The minimum atomic E-state index is -1.02. The van der Waals surface area contributed by atoms with E-state index >= 15 is 0 Å². The second kappa shape index (κ2) is 36.6. The van der Waals surface area contributed by atoms with E-state index in [0.29, 0.717) is 38.6 Å². The summed E-state index contributed by atoms with van der Waals surface area (Å²) in [5.74, 6) is -1.37. The summed E-state index contributed by atoms with van der Waals surface area (Å²) in [6, 6.07) is -0.875. The fourth-order valence-corrected chi connectivity index (χ4v) is 5.53.